The summed E-state index contributed by atoms with van der Waals surface area (Å²) in [6.45, 7) is 3.56. The number of hydrogen-bond acceptors (Lipinski definition) is 7. The van der Waals surface area contributed by atoms with Crippen LogP contribution < -0.4 is 10.2 Å². The fourth-order valence-corrected chi connectivity index (χ4v) is 4.25. The zero-order valence-electron chi connectivity index (χ0n) is 14.8. The second kappa shape index (κ2) is 7.98. The van der Waals surface area contributed by atoms with Gasteiger partial charge in [0.1, 0.15) is 5.01 Å². The SMILES string of the molecule is O=C(O)c1cnc(N2CCC(CNCc3nc4ccccc4s3)CC2)nc1. The molecule has 7 nitrogen and oxygen atoms in total. The first kappa shape index (κ1) is 17.8. The molecule has 1 saturated heterocycles. The highest BCUT2D eigenvalue weighted by Crippen LogP contribution is 2.22. The number of piperidine rings is 1. The van der Waals surface area contributed by atoms with E-state index < -0.39 is 5.97 Å². The third-order valence-electron chi connectivity index (χ3n) is 4.83. The number of carbonyl (C=O) groups is 1. The van der Waals surface area contributed by atoms with Crippen molar-refractivity contribution >= 4 is 33.5 Å². The molecule has 4 rings (SSSR count). The number of fused-ring (bicyclic) bond motifs is 1. The maximum atomic E-state index is 10.9. The van der Waals surface area contributed by atoms with Crippen LogP contribution in [0.5, 0.6) is 0 Å². The Morgan fingerprint density at radius 3 is 2.67 bits per heavy atom. The first-order chi connectivity index (χ1) is 13.2. The van der Waals surface area contributed by atoms with Crippen LogP contribution in [0.25, 0.3) is 10.2 Å². The summed E-state index contributed by atoms with van der Waals surface area (Å²) >= 11 is 1.74. The molecule has 1 aliphatic heterocycles. The number of nitrogens with one attached hydrogen (secondary N) is 1. The Hall–Kier alpha value is -2.58. The smallest absolute Gasteiger partial charge is 0.338 e. The van der Waals surface area contributed by atoms with Crippen LogP contribution in [-0.4, -0.2) is 45.7 Å². The van der Waals surface area contributed by atoms with Crippen LogP contribution in [0, 0.1) is 5.92 Å². The summed E-state index contributed by atoms with van der Waals surface area (Å²) in [4.78, 5) is 26.0. The second-order valence-corrected chi connectivity index (χ2v) is 7.83. The highest BCUT2D eigenvalue weighted by molar-refractivity contribution is 7.18. The van der Waals surface area contributed by atoms with Gasteiger partial charge in [0.05, 0.1) is 15.8 Å². The van der Waals surface area contributed by atoms with Crippen molar-refractivity contribution in [2.75, 3.05) is 24.5 Å². The maximum absolute atomic E-state index is 10.9. The van der Waals surface area contributed by atoms with E-state index in [4.69, 9.17) is 5.11 Å². The molecule has 2 N–H and O–H groups in total. The topological polar surface area (TPSA) is 91.2 Å². The summed E-state index contributed by atoms with van der Waals surface area (Å²) in [6.07, 6.45) is 4.88. The Morgan fingerprint density at radius 2 is 1.96 bits per heavy atom. The summed E-state index contributed by atoms with van der Waals surface area (Å²) in [6, 6.07) is 8.23. The van der Waals surface area contributed by atoms with E-state index in [9.17, 15) is 4.79 Å². The monoisotopic (exact) mass is 383 g/mol. The molecule has 3 heterocycles. The van der Waals surface area contributed by atoms with Crippen LogP contribution in [0.3, 0.4) is 0 Å². The Kier molecular flexibility index (Phi) is 5.26. The summed E-state index contributed by atoms with van der Waals surface area (Å²) in [7, 11) is 0. The van der Waals surface area contributed by atoms with Crippen LogP contribution >= 0.6 is 11.3 Å². The number of aromatic carboxylic acids is 1. The number of carboxylic acid groups (broad SMARTS) is 1. The number of anilines is 1. The van der Waals surface area contributed by atoms with Crippen molar-refractivity contribution in [3.8, 4) is 0 Å². The Bertz CT molecular complexity index is 886. The predicted molar refractivity (Wildman–Crippen MR) is 105 cm³/mol. The Morgan fingerprint density at radius 1 is 1.22 bits per heavy atom. The number of thiazole rings is 1. The van der Waals surface area contributed by atoms with E-state index in [1.807, 2.05) is 12.1 Å². The minimum Gasteiger partial charge on any atom is -0.478 e. The van der Waals surface area contributed by atoms with Crippen molar-refractivity contribution < 1.29 is 9.90 Å². The minimum absolute atomic E-state index is 0.118. The van der Waals surface area contributed by atoms with Crippen molar-refractivity contribution in [3.63, 3.8) is 0 Å². The summed E-state index contributed by atoms with van der Waals surface area (Å²) in [5, 5.41) is 13.6. The van der Waals surface area contributed by atoms with Gasteiger partial charge in [0.25, 0.3) is 0 Å². The summed E-state index contributed by atoms with van der Waals surface area (Å²) < 4.78 is 1.23. The highest BCUT2D eigenvalue weighted by Gasteiger charge is 2.21. The number of rotatable bonds is 6. The van der Waals surface area contributed by atoms with Crippen LogP contribution in [0.4, 0.5) is 5.95 Å². The lowest BCUT2D eigenvalue weighted by molar-refractivity contribution is 0.0696. The molecule has 27 heavy (non-hydrogen) atoms. The molecule has 0 atom stereocenters. The lowest BCUT2D eigenvalue weighted by Crippen LogP contribution is -2.38. The molecule has 1 aromatic carbocycles. The van der Waals surface area contributed by atoms with Crippen molar-refractivity contribution in [3.05, 3.63) is 47.2 Å². The van der Waals surface area contributed by atoms with Gasteiger partial charge in [-0.1, -0.05) is 12.1 Å². The van der Waals surface area contributed by atoms with Crippen molar-refractivity contribution in [2.45, 2.75) is 19.4 Å². The third-order valence-corrected chi connectivity index (χ3v) is 5.87. The van der Waals surface area contributed by atoms with Crippen molar-refractivity contribution in [2.24, 2.45) is 5.92 Å². The average molecular weight is 383 g/mol. The number of aromatic nitrogens is 3. The van der Waals surface area contributed by atoms with Gasteiger partial charge in [-0.2, -0.15) is 0 Å². The van der Waals surface area contributed by atoms with Gasteiger partial charge in [-0.15, -0.1) is 11.3 Å². The molecular formula is C19H21N5O2S. The van der Waals surface area contributed by atoms with Gasteiger partial charge in [0.15, 0.2) is 0 Å². The van der Waals surface area contributed by atoms with Crippen molar-refractivity contribution in [1.82, 2.24) is 20.3 Å². The molecule has 3 aromatic rings. The molecular weight excluding hydrogens is 362 g/mol. The molecule has 0 unspecified atom stereocenters. The lowest BCUT2D eigenvalue weighted by Gasteiger charge is -2.32. The van der Waals surface area contributed by atoms with E-state index in [1.54, 1.807) is 11.3 Å². The Labute approximate surface area is 161 Å². The fourth-order valence-electron chi connectivity index (χ4n) is 3.31. The first-order valence-corrected chi connectivity index (χ1v) is 9.86. The fraction of sp³-hybridized carbons (Fsp3) is 0.368. The minimum atomic E-state index is -1.00. The van der Waals surface area contributed by atoms with Gasteiger partial charge in [0, 0.05) is 32.0 Å². The summed E-state index contributed by atoms with van der Waals surface area (Å²) in [5.41, 5.74) is 1.19. The van der Waals surface area contributed by atoms with Gasteiger partial charge >= 0.3 is 5.97 Å². The Balaban J connectivity index is 1.24. The van der Waals surface area contributed by atoms with Gasteiger partial charge in [-0.05, 0) is 37.4 Å². The standard InChI is InChI=1S/C19H21N5O2S/c25-18(26)14-10-21-19(22-11-14)24-7-5-13(6-8-24)9-20-12-17-23-15-3-1-2-4-16(15)27-17/h1-4,10-11,13,20H,5-9,12H2,(H,25,26). The number of para-hydroxylation sites is 1. The van der Waals surface area contributed by atoms with Crippen LogP contribution in [0.2, 0.25) is 0 Å². The molecule has 8 heteroatoms. The van der Waals surface area contributed by atoms with Gasteiger partial charge in [-0.25, -0.2) is 19.7 Å². The molecule has 0 bridgehead atoms. The summed E-state index contributed by atoms with van der Waals surface area (Å²) in [5.74, 6) is 0.231. The number of benzene rings is 1. The van der Waals surface area contributed by atoms with Gasteiger partial charge in [0.2, 0.25) is 5.95 Å². The number of nitrogens with zero attached hydrogens (tertiary/aromatic N) is 4. The van der Waals surface area contributed by atoms with E-state index in [-0.39, 0.29) is 5.56 Å². The third kappa shape index (κ3) is 4.23. The van der Waals surface area contributed by atoms with Gasteiger partial charge in [-0.3, -0.25) is 0 Å². The zero-order valence-corrected chi connectivity index (χ0v) is 15.7. The second-order valence-electron chi connectivity index (χ2n) is 6.71. The number of carboxylic acids is 1. The molecule has 1 aliphatic rings. The van der Waals surface area contributed by atoms with E-state index >= 15 is 0 Å². The van der Waals surface area contributed by atoms with Crippen LogP contribution in [0.1, 0.15) is 28.2 Å². The lowest BCUT2D eigenvalue weighted by atomic mass is 9.97. The highest BCUT2D eigenvalue weighted by atomic mass is 32.1. The van der Waals surface area contributed by atoms with Crippen LogP contribution in [-0.2, 0) is 6.54 Å². The molecule has 1 fully saturated rings. The van der Waals surface area contributed by atoms with Crippen LogP contribution in [0.15, 0.2) is 36.7 Å². The van der Waals surface area contributed by atoms with E-state index in [2.05, 4.69) is 37.3 Å². The van der Waals surface area contributed by atoms with E-state index in [0.717, 1.165) is 49.5 Å². The molecule has 0 saturated carbocycles. The van der Waals surface area contributed by atoms with Gasteiger partial charge < -0.3 is 15.3 Å². The first-order valence-electron chi connectivity index (χ1n) is 9.04. The largest absolute Gasteiger partial charge is 0.478 e. The molecule has 140 valence electrons. The normalized spacial score (nSPS) is 15.3. The van der Waals surface area contributed by atoms with E-state index in [1.165, 1.54) is 17.1 Å². The number of hydrogen-bond donors (Lipinski definition) is 2. The molecule has 0 aliphatic carbocycles. The predicted octanol–water partition coefficient (Wildman–Crippen LogP) is 2.79. The molecule has 0 radical (unpaired) electrons. The van der Waals surface area contributed by atoms with E-state index in [0.29, 0.717) is 11.9 Å². The van der Waals surface area contributed by atoms with Crippen molar-refractivity contribution in [1.29, 1.82) is 0 Å². The maximum Gasteiger partial charge on any atom is 0.338 e. The zero-order chi connectivity index (χ0) is 18.6. The molecule has 0 amide bonds. The average Bonchev–Trinajstić information content (AvgIpc) is 3.11. The molecule has 2 aromatic heterocycles. The quantitative estimate of drug-likeness (QED) is 0.676. The molecule has 0 spiro atoms.